The average molecular weight is 345 g/mol. The van der Waals surface area contributed by atoms with Crippen LogP contribution >= 0.6 is 23.8 Å². The van der Waals surface area contributed by atoms with Crippen molar-refractivity contribution in [1.29, 1.82) is 0 Å². The molecular weight excluding hydrogens is 328 g/mol. The molecular formula is C18H17ClN2OS. The van der Waals surface area contributed by atoms with Crippen LogP contribution in [0.3, 0.4) is 0 Å². The summed E-state index contributed by atoms with van der Waals surface area (Å²) in [6, 6.07) is 15.6. The van der Waals surface area contributed by atoms with Crippen LogP contribution in [0, 0.1) is 6.92 Å². The number of anilines is 1. The maximum absolute atomic E-state index is 6.13. The highest BCUT2D eigenvalue weighted by Crippen LogP contribution is 2.25. The molecule has 3 nitrogen and oxygen atoms in total. The molecule has 5 heteroatoms. The van der Waals surface area contributed by atoms with E-state index in [0.29, 0.717) is 10.1 Å². The summed E-state index contributed by atoms with van der Waals surface area (Å²) >= 11 is 11.5. The van der Waals surface area contributed by atoms with E-state index in [4.69, 9.17) is 28.2 Å². The minimum Gasteiger partial charge on any atom is -0.459 e. The highest BCUT2D eigenvalue weighted by molar-refractivity contribution is 7.80. The number of nitrogens with one attached hydrogen (secondary N) is 2. The number of thiocarbonyl (C=S) groups is 1. The van der Waals surface area contributed by atoms with Crippen LogP contribution in [0.4, 0.5) is 5.69 Å². The van der Waals surface area contributed by atoms with Gasteiger partial charge in [0, 0.05) is 16.1 Å². The molecule has 1 heterocycles. The fourth-order valence-electron chi connectivity index (χ4n) is 2.38. The summed E-state index contributed by atoms with van der Waals surface area (Å²) < 4.78 is 5.85. The SMILES string of the molecule is Cc1c(Cl)cccc1NC(=S)N[C@@H](C)c1cc2ccccc2o1. The lowest BCUT2D eigenvalue weighted by molar-refractivity contribution is 0.493. The summed E-state index contributed by atoms with van der Waals surface area (Å²) in [6.45, 7) is 3.96. The molecule has 0 aliphatic heterocycles. The molecule has 23 heavy (non-hydrogen) atoms. The summed E-state index contributed by atoms with van der Waals surface area (Å²) in [5.74, 6) is 0.846. The Labute approximate surface area is 145 Å². The molecule has 2 N–H and O–H groups in total. The molecule has 1 aromatic heterocycles. The summed E-state index contributed by atoms with van der Waals surface area (Å²) in [7, 11) is 0. The summed E-state index contributed by atoms with van der Waals surface area (Å²) in [5.41, 5.74) is 2.74. The zero-order chi connectivity index (χ0) is 16.4. The van der Waals surface area contributed by atoms with E-state index in [-0.39, 0.29) is 6.04 Å². The van der Waals surface area contributed by atoms with Crippen LogP contribution < -0.4 is 10.6 Å². The number of hydrogen-bond donors (Lipinski definition) is 2. The highest BCUT2D eigenvalue weighted by atomic mass is 35.5. The molecule has 0 aliphatic rings. The Morgan fingerprint density at radius 2 is 1.96 bits per heavy atom. The summed E-state index contributed by atoms with van der Waals surface area (Å²) in [5, 5.41) is 8.74. The van der Waals surface area contributed by atoms with E-state index < -0.39 is 0 Å². The van der Waals surface area contributed by atoms with Crippen molar-refractivity contribution < 1.29 is 4.42 Å². The Bertz CT molecular complexity index is 826. The number of hydrogen-bond acceptors (Lipinski definition) is 2. The second-order valence-corrected chi connectivity index (χ2v) is 6.23. The third kappa shape index (κ3) is 3.49. The van der Waals surface area contributed by atoms with Gasteiger partial charge in [-0.3, -0.25) is 0 Å². The van der Waals surface area contributed by atoms with E-state index in [1.54, 1.807) is 0 Å². The average Bonchev–Trinajstić information content (AvgIpc) is 2.96. The molecule has 0 amide bonds. The van der Waals surface area contributed by atoms with Gasteiger partial charge < -0.3 is 15.1 Å². The molecule has 3 aromatic rings. The van der Waals surface area contributed by atoms with Crippen LogP contribution in [0.1, 0.15) is 24.3 Å². The van der Waals surface area contributed by atoms with Gasteiger partial charge in [0.15, 0.2) is 5.11 Å². The molecule has 0 aliphatic carbocycles. The molecule has 3 rings (SSSR count). The highest BCUT2D eigenvalue weighted by Gasteiger charge is 2.13. The third-order valence-electron chi connectivity index (χ3n) is 3.73. The zero-order valence-electron chi connectivity index (χ0n) is 12.9. The minimum atomic E-state index is -0.0399. The van der Waals surface area contributed by atoms with Crippen molar-refractivity contribution in [3.05, 3.63) is 64.9 Å². The topological polar surface area (TPSA) is 37.2 Å². The predicted octanol–water partition coefficient (Wildman–Crippen LogP) is 5.44. The number of benzene rings is 2. The first-order valence-electron chi connectivity index (χ1n) is 7.35. The third-order valence-corrected chi connectivity index (χ3v) is 4.36. The number of fused-ring (bicyclic) bond motifs is 1. The van der Waals surface area contributed by atoms with E-state index >= 15 is 0 Å². The molecule has 0 unspecified atom stereocenters. The van der Waals surface area contributed by atoms with Crippen molar-refractivity contribution in [2.24, 2.45) is 0 Å². The van der Waals surface area contributed by atoms with Crippen LogP contribution in [-0.4, -0.2) is 5.11 Å². The van der Waals surface area contributed by atoms with Gasteiger partial charge in [0.25, 0.3) is 0 Å². The molecule has 0 saturated heterocycles. The van der Waals surface area contributed by atoms with Crippen molar-refractivity contribution in [3.8, 4) is 0 Å². The first-order chi connectivity index (χ1) is 11.0. The maximum atomic E-state index is 6.13. The maximum Gasteiger partial charge on any atom is 0.171 e. The lowest BCUT2D eigenvalue weighted by Gasteiger charge is -2.16. The normalized spacial score (nSPS) is 12.1. The van der Waals surface area contributed by atoms with Crippen LogP contribution in [0.25, 0.3) is 11.0 Å². The number of halogens is 1. The molecule has 1 atom stereocenters. The largest absolute Gasteiger partial charge is 0.459 e. The Balaban J connectivity index is 1.70. The van der Waals surface area contributed by atoms with Crippen LogP contribution in [0.2, 0.25) is 5.02 Å². The molecule has 2 aromatic carbocycles. The molecule has 0 bridgehead atoms. The fraction of sp³-hybridized carbons (Fsp3) is 0.167. The van der Waals surface area contributed by atoms with E-state index in [2.05, 4.69) is 10.6 Å². The van der Waals surface area contributed by atoms with Gasteiger partial charge in [0.1, 0.15) is 11.3 Å². The van der Waals surface area contributed by atoms with Gasteiger partial charge in [-0.05, 0) is 55.9 Å². The molecule has 0 spiro atoms. The van der Waals surface area contributed by atoms with E-state index in [1.807, 2.05) is 62.4 Å². The lowest BCUT2D eigenvalue weighted by Crippen LogP contribution is -2.30. The number of rotatable bonds is 3. The van der Waals surface area contributed by atoms with Crippen molar-refractivity contribution in [2.75, 3.05) is 5.32 Å². The second-order valence-electron chi connectivity index (χ2n) is 5.42. The van der Waals surface area contributed by atoms with Crippen LogP contribution in [-0.2, 0) is 0 Å². The van der Waals surface area contributed by atoms with Crippen molar-refractivity contribution in [2.45, 2.75) is 19.9 Å². The van der Waals surface area contributed by atoms with Crippen molar-refractivity contribution in [3.63, 3.8) is 0 Å². The second kappa shape index (κ2) is 6.60. The first-order valence-corrected chi connectivity index (χ1v) is 8.14. The number of para-hydroxylation sites is 1. The van der Waals surface area contributed by atoms with Crippen molar-refractivity contribution >= 4 is 45.6 Å². The van der Waals surface area contributed by atoms with E-state index in [1.165, 1.54) is 0 Å². The Hall–Kier alpha value is -2.04. The van der Waals surface area contributed by atoms with Gasteiger partial charge in [0.2, 0.25) is 0 Å². The quantitative estimate of drug-likeness (QED) is 0.620. The predicted molar refractivity (Wildman–Crippen MR) is 100 cm³/mol. The van der Waals surface area contributed by atoms with Gasteiger partial charge >= 0.3 is 0 Å². The van der Waals surface area contributed by atoms with E-state index in [9.17, 15) is 0 Å². The van der Waals surface area contributed by atoms with E-state index in [0.717, 1.165) is 28.0 Å². The standard InChI is InChI=1S/C18H17ClN2OS/c1-11-14(19)7-5-8-15(11)21-18(23)20-12(2)17-10-13-6-3-4-9-16(13)22-17/h3-10,12H,1-2H3,(H2,20,21,23)/t12-/m0/s1. The van der Waals surface area contributed by atoms with Crippen LogP contribution in [0.15, 0.2) is 52.9 Å². The minimum absolute atomic E-state index is 0.0399. The van der Waals surface area contributed by atoms with Gasteiger partial charge in [-0.2, -0.15) is 0 Å². The van der Waals surface area contributed by atoms with Crippen LogP contribution in [0.5, 0.6) is 0 Å². The summed E-state index contributed by atoms with van der Waals surface area (Å²) in [4.78, 5) is 0. The summed E-state index contributed by atoms with van der Waals surface area (Å²) in [6.07, 6.45) is 0. The smallest absolute Gasteiger partial charge is 0.171 e. The van der Waals surface area contributed by atoms with Gasteiger partial charge in [-0.25, -0.2) is 0 Å². The zero-order valence-corrected chi connectivity index (χ0v) is 14.5. The fourth-order valence-corrected chi connectivity index (χ4v) is 2.85. The number of furan rings is 1. The molecule has 118 valence electrons. The molecule has 0 fully saturated rings. The van der Waals surface area contributed by atoms with Gasteiger partial charge in [-0.15, -0.1) is 0 Å². The Morgan fingerprint density at radius 1 is 1.17 bits per heavy atom. The lowest BCUT2D eigenvalue weighted by atomic mass is 10.2. The monoisotopic (exact) mass is 344 g/mol. The molecule has 0 saturated carbocycles. The van der Waals surface area contributed by atoms with Gasteiger partial charge in [0.05, 0.1) is 6.04 Å². The first kappa shape index (κ1) is 15.8. The Kier molecular flexibility index (Phi) is 4.55. The molecule has 0 radical (unpaired) electrons. The Morgan fingerprint density at radius 3 is 2.74 bits per heavy atom. The van der Waals surface area contributed by atoms with Gasteiger partial charge in [-0.1, -0.05) is 35.9 Å². The van der Waals surface area contributed by atoms with Crippen molar-refractivity contribution in [1.82, 2.24) is 5.32 Å².